The molecule has 4 heterocycles. The van der Waals surface area contributed by atoms with Gasteiger partial charge in [0.15, 0.2) is 17.3 Å². The number of fused-ring (bicyclic) bond motifs is 2. The number of nitrogens with two attached hydrogens (primary N) is 4. The standard InChI is InChI=1S/C50H68F2N14O4/c1-32-30-65(33-12-13-33)40-28-42(38(51)26-35(40)44(32)67)61-18-22-63(23-19-61)49(55)59-47(53)57-16-10-8-6-4-2-3-5-7-9-11-17-58-48(54)60-50(56)64-24-20-62(21-25-64)43-29-41-36(27-39(43)52)45(68)37(46(69)70)31-66(41)34-14-15-34/h26-31,33-34H,2-25H2,1H3,(H,69,70)(H4,53,55,57,59)(H4,54,56,58,60). The van der Waals surface area contributed by atoms with Gasteiger partial charge in [0.2, 0.25) is 17.3 Å². The number of rotatable bonds is 18. The van der Waals surface area contributed by atoms with E-state index >= 15 is 8.78 Å². The van der Waals surface area contributed by atoms with Crippen molar-refractivity contribution in [3.05, 3.63) is 79.9 Å². The zero-order valence-corrected chi connectivity index (χ0v) is 40.3. The minimum atomic E-state index is -1.32. The second-order valence-electron chi connectivity index (χ2n) is 19.1. The van der Waals surface area contributed by atoms with E-state index in [9.17, 15) is 19.5 Å². The van der Waals surface area contributed by atoms with E-state index in [0.717, 1.165) is 75.8 Å². The summed E-state index contributed by atoms with van der Waals surface area (Å²) < 4.78 is 34.7. The Balaban J connectivity index is 0.660. The number of benzene rings is 2. The number of guanidine groups is 4. The molecule has 2 aromatic heterocycles. The van der Waals surface area contributed by atoms with Gasteiger partial charge in [0.1, 0.15) is 17.2 Å². The number of halogens is 2. The lowest BCUT2D eigenvalue weighted by Gasteiger charge is -2.36. The third kappa shape index (κ3) is 12.0. The van der Waals surface area contributed by atoms with E-state index in [2.05, 4.69) is 24.5 Å². The Bertz CT molecular complexity index is 2800. The molecule has 4 fully saturated rings. The Morgan fingerprint density at radius 1 is 0.586 bits per heavy atom. The van der Waals surface area contributed by atoms with Gasteiger partial charge in [0.05, 0.1) is 22.4 Å². The fraction of sp³-hybridized carbons (Fsp3) is 0.540. The predicted octanol–water partition coefficient (Wildman–Crippen LogP) is 5.38. The van der Waals surface area contributed by atoms with E-state index in [0.29, 0.717) is 105 Å². The van der Waals surface area contributed by atoms with Crippen molar-refractivity contribution < 1.29 is 18.7 Å². The molecule has 20 heteroatoms. The van der Waals surface area contributed by atoms with Crippen LogP contribution in [0.1, 0.15) is 118 Å². The van der Waals surface area contributed by atoms with Gasteiger partial charge in [0.25, 0.3) is 0 Å². The lowest BCUT2D eigenvalue weighted by molar-refractivity contribution is 0.0694. The molecule has 2 saturated heterocycles. The van der Waals surface area contributed by atoms with E-state index in [1.807, 2.05) is 31.9 Å². The van der Waals surface area contributed by atoms with Gasteiger partial charge in [-0.05, 0) is 69.7 Å². The molecule has 0 atom stereocenters. The number of aromatic nitrogens is 2. The Kier molecular flexibility index (Phi) is 15.9. The lowest BCUT2D eigenvalue weighted by atomic mass is 10.1. The second-order valence-corrected chi connectivity index (χ2v) is 19.1. The second kappa shape index (κ2) is 22.4. The van der Waals surface area contributed by atoms with Crippen molar-refractivity contribution in [2.75, 3.05) is 75.2 Å². The maximum Gasteiger partial charge on any atom is 0.341 e. The minimum absolute atomic E-state index is 0.0698. The molecule has 0 radical (unpaired) electrons. The number of hydrogen-bond donors (Lipinski definition) is 5. The summed E-state index contributed by atoms with van der Waals surface area (Å²) in [6.45, 7) is 7.05. The molecule has 2 aliphatic heterocycles. The van der Waals surface area contributed by atoms with Gasteiger partial charge in [-0.1, -0.05) is 51.4 Å². The van der Waals surface area contributed by atoms with E-state index < -0.39 is 23.0 Å². The summed E-state index contributed by atoms with van der Waals surface area (Å²) in [6.07, 6.45) is 18.1. The van der Waals surface area contributed by atoms with Crippen molar-refractivity contribution >= 4 is 63.0 Å². The first-order valence-corrected chi connectivity index (χ1v) is 25.0. The molecule has 8 rings (SSSR count). The topological polar surface area (TPSA) is 248 Å². The number of anilines is 2. The average Bonchev–Trinajstić information content (AvgIpc) is 4.29. The quantitative estimate of drug-likeness (QED) is 0.0480. The Morgan fingerprint density at radius 2 is 0.971 bits per heavy atom. The first kappa shape index (κ1) is 49.7. The molecule has 18 nitrogen and oxygen atoms in total. The minimum Gasteiger partial charge on any atom is -0.477 e. The smallest absolute Gasteiger partial charge is 0.341 e. The Morgan fingerprint density at radius 3 is 1.37 bits per heavy atom. The van der Waals surface area contributed by atoms with Crippen LogP contribution in [0.3, 0.4) is 0 Å². The van der Waals surface area contributed by atoms with Gasteiger partial charge in [-0.25, -0.2) is 13.6 Å². The van der Waals surface area contributed by atoms with Crippen LogP contribution in [0.25, 0.3) is 21.8 Å². The normalized spacial score (nSPS) is 17.6. The van der Waals surface area contributed by atoms with Gasteiger partial charge in [-0.15, -0.1) is 0 Å². The van der Waals surface area contributed by atoms with Crippen molar-refractivity contribution in [1.82, 2.24) is 18.9 Å². The fourth-order valence-corrected chi connectivity index (χ4v) is 9.63. The third-order valence-electron chi connectivity index (χ3n) is 14.0. The van der Waals surface area contributed by atoms with Gasteiger partial charge in [0, 0.05) is 106 Å². The molecule has 4 aliphatic rings. The molecule has 2 aliphatic carbocycles. The first-order chi connectivity index (χ1) is 33.8. The fourth-order valence-electron chi connectivity index (χ4n) is 9.63. The molecular weight excluding hydrogens is 899 g/mol. The summed E-state index contributed by atoms with van der Waals surface area (Å²) in [6, 6.07) is 6.49. The number of aliphatic imine (C=N–C) groups is 4. The molecule has 0 amide bonds. The summed E-state index contributed by atoms with van der Waals surface area (Å²) in [5.41, 5.74) is 26.5. The molecule has 0 bridgehead atoms. The monoisotopic (exact) mass is 967 g/mol. The van der Waals surface area contributed by atoms with Crippen LogP contribution in [0.4, 0.5) is 20.2 Å². The summed E-state index contributed by atoms with van der Waals surface area (Å²) >= 11 is 0. The predicted molar refractivity (Wildman–Crippen MR) is 275 cm³/mol. The number of carbonyl (C=O) groups is 1. The van der Waals surface area contributed by atoms with Crippen LogP contribution in [0, 0.1) is 18.6 Å². The zero-order chi connectivity index (χ0) is 49.5. The third-order valence-corrected chi connectivity index (χ3v) is 14.0. The maximum atomic E-state index is 15.4. The Labute approximate surface area is 406 Å². The highest BCUT2D eigenvalue weighted by atomic mass is 19.1. The van der Waals surface area contributed by atoms with Crippen LogP contribution in [-0.2, 0) is 0 Å². The van der Waals surface area contributed by atoms with Crippen LogP contribution in [-0.4, -0.2) is 119 Å². The molecule has 9 N–H and O–H groups in total. The van der Waals surface area contributed by atoms with Crippen molar-refractivity contribution in [2.45, 2.75) is 109 Å². The summed E-state index contributed by atoms with van der Waals surface area (Å²) in [7, 11) is 0. The van der Waals surface area contributed by atoms with E-state index in [-0.39, 0.29) is 40.3 Å². The van der Waals surface area contributed by atoms with Gasteiger partial charge >= 0.3 is 5.97 Å². The molecule has 2 saturated carbocycles. The molecule has 376 valence electrons. The van der Waals surface area contributed by atoms with Crippen molar-refractivity contribution in [2.24, 2.45) is 42.9 Å². The Hall–Kier alpha value is -6.73. The van der Waals surface area contributed by atoms with Crippen LogP contribution in [0.5, 0.6) is 0 Å². The average molecular weight is 967 g/mol. The highest BCUT2D eigenvalue weighted by Gasteiger charge is 2.30. The highest BCUT2D eigenvalue weighted by Crippen LogP contribution is 2.39. The number of carboxylic acids is 1. The lowest BCUT2D eigenvalue weighted by Crippen LogP contribution is -2.51. The van der Waals surface area contributed by atoms with E-state index in [1.165, 1.54) is 37.9 Å². The van der Waals surface area contributed by atoms with Crippen LogP contribution in [0.15, 0.2) is 66.2 Å². The van der Waals surface area contributed by atoms with Crippen LogP contribution in [0.2, 0.25) is 0 Å². The van der Waals surface area contributed by atoms with Gasteiger partial charge in [-0.2, -0.15) is 9.98 Å². The number of carboxylic acid groups (broad SMARTS) is 1. The van der Waals surface area contributed by atoms with Crippen LogP contribution >= 0.6 is 0 Å². The summed E-state index contributed by atoms with van der Waals surface area (Å²) in [5, 5.41) is 10.0. The largest absolute Gasteiger partial charge is 0.477 e. The molecular formula is C50H68F2N14O4. The number of unbranched alkanes of at least 4 members (excludes halogenated alkanes) is 9. The van der Waals surface area contributed by atoms with Crippen molar-refractivity contribution in [3.8, 4) is 0 Å². The number of pyridine rings is 2. The summed E-state index contributed by atoms with van der Waals surface area (Å²) in [5.74, 6) is -1.43. The zero-order valence-electron chi connectivity index (χ0n) is 40.3. The number of aryl methyl sites for hydroxylation is 1. The maximum absolute atomic E-state index is 15.4. The SMILES string of the molecule is Cc1cn(C2CC2)c2cc(N3CCN(C(N)=NC(N)=NCCCCCCCCCCCCN=C(N)N=C(N)N4CCN(c5cc6c(cc5F)c(=O)c(C(=O)O)cn6C5CC5)CC4)CC3)c(F)cc2c1=O. The number of nitrogens with zero attached hydrogens (tertiary/aromatic N) is 10. The molecule has 70 heavy (non-hydrogen) atoms. The highest BCUT2D eigenvalue weighted by molar-refractivity contribution is 5.95. The summed E-state index contributed by atoms with van der Waals surface area (Å²) in [4.78, 5) is 62.6. The molecule has 0 unspecified atom stereocenters. The van der Waals surface area contributed by atoms with Crippen molar-refractivity contribution in [1.29, 1.82) is 0 Å². The molecule has 2 aromatic carbocycles. The first-order valence-electron chi connectivity index (χ1n) is 25.0. The number of aromatic carboxylic acids is 1. The van der Waals surface area contributed by atoms with Gasteiger partial charge in [-0.3, -0.25) is 19.6 Å². The molecule has 0 spiro atoms. The van der Waals surface area contributed by atoms with E-state index in [4.69, 9.17) is 22.9 Å². The van der Waals surface area contributed by atoms with E-state index in [1.54, 1.807) is 17.6 Å². The molecule has 4 aromatic rings. The van der Waals surface area contributed by atoms with Gasteiger partial charge < -0.3 is 56.8 Å². The van der Waals surface area contributed by atoms with Crippen molar-refractivity contribution in [3.63, 3.8) is 0 Å². The number of hydrogen-bond acceptors (Lipinski definition) is 7. The van der Waals surface area contributed by atoms with Crippen LogP contribution < -0.4 is 43.6 Å². The number of piperazine rings is 2.